The van der Waals surface area contributed by atoms with Gasteiger partial charge < -0.3 is 14.8 Å². The third kappa shape index (κ3) is 3.02. The quantitative estimate of drug-likeness (QED) is 0.559. The van der Waals surface area contributed by atoms with Crippen molar-refractivity contribution in [2.45, 2.75) is 6.61 Å². The molecule has 4 aromatic rings. The standard InChI is InChI=1S/C21H16N2O3/c24-21(25)16-10-6-11-17-19(16)23-20(22-17)15-9-4-5-12-18(15)26-13-14-7-2-1-3-8-14/h1-12H,13H2,(H,22,23)(H,24,25). The molecule has 0 bridgehead atoms. The zero-order valence-electron chi connectivity index (χ0n) is 13.8. The number of hydrogen-bond donors (Lipinski definition) is 2. The molecule has 0 spiro atoms. The van der Waals surface area contributed by atoms with Gasteiger partial charge in [-0.15, -0.1) is 0 Å². The van der Waals surface area contributed by atoms with Crippen molar-refractivity contribution >= 4 is 17.0 Å². The molecule has 26 heavy (non-hydrogen) atoms. The van der Waals surface area contributed by atoms with Crippen LogP contribution in [0.25, 0.3) is 22.4 Å². The smallest absolute Gasteiger partial charge is 0.337 e. The van der Waals surface area contributed by atoms with Gasteiger partial charge in [0.15, 0.2) is 0 Å². The van der Waals surface area contributed by atoms with Gasteiger partial charge in [0.05, 0.1) is 16.6 Å². The Balaban J connectivity index is 1.71. The van der Waals surface area contributed by atoms with E-state index in [1.165, 1.54) is 0 Å². The second-order valence-corrected chi connectivity index (χ2v) is 5.86. The van der Waals surface area contributed by atoms with E-state index in [2.05, 4.69) is 9.97 Å². The Hall–Kier alpha value is -3.60. The van der Waals surface area contributed by atoms with Crippen molar-refractivity contribution in [2.75, 3.05) is 0 Å². The monoisotopic (exact) mass is 344 g/mol. The highest BCUT2D eigenvalue weighted by molar-refractivity contribution is 6.01. The fraction of sp³-hybridized carbons (Fsp3) is 0.0476. The number of para-hydroxylation sites is 2. The first-order valence-corrected chi connectivity index (χ1v) is 8.20. The first-order valence-electron chi connectivity index (χ1n) is 8.20. The van der Waals surface area contributed by atoms with Crippen molar-refractivity contribution in [2.24, 2.45) is 0 Å². The van der Waals surface area contributed by atoms with Gasteiger partial charge >= 0.3 is 5.97 Å². The molecule has 3 aromatic carbocycles. The number of carboxylic acids is 1. The van der Waals surface area contributed by atoms with E-state index in [1.807, 2.05) is 60.7 Å². The van der Waals surface area contributed by atoms with Crippen LogP contribution in [0.1, 0.15) is 15.9 Å². The molecule has 5 heteroatoms. The van der Waals surface area contributed by atoms with Crippen molar-refractivity contribution in [3.05, 3.63) is 83.9 Å². The van der Waals surface area contributed by atoms with Crippen molar-refractivity contribution in [3.63, 3.8) is 0 Å². The molecule has 0 saturated heterocycles. The Labute approximate surface area is 149 Å². The van der Waals surface area contributed by atoms with E-state index in [-0.39, 0.29) is 5.56 Å². The third-order valence-electron chi connectivity index (χ3n) is 4.12. The van der Waals surface area contributed by atoms with E-state index in [9.17, 15) is 9.90 Å². The van der Waals surface area contributed by atoms with E-state index < -0.39 is 5.97 Å². The number of carbonyl (C=O) groups is 1. The van der Waals surface area contributed by atoms with Crippen LogP contribution in [0.5, 0.6) is 5.75 Å². The average Bonchev–Trinajstić information content (AvgIpc) is 3.11. The van der Waals surface area contributed by atoms with Crippen LogP contribution in [-0.2, 0) is 6.61 Å². The van der Waals surface area contributed by atoms with Gasteiger partial charge in [0, 0.05) is 0 Å². The number of nitrogens with one attached hydrogen (secondary N) is 1. The molecule has 0 aliphatic heterocycles. The third-order valence-corrected chi connectivity index (χ3v) is 4.12. The second kappa shape index (κ2) is 6.72. The fourth-order valence-corrected chi connectivity index (χ4v) is 2.86. The Bertz CT molecular complexity index is 1070. The summed E-state index contributed by atoms with van der Waals surface area (Å²) in [5.74, 6) is 0.270. The SMILES string of the molecule is O=C(O)c1cccc2[nH]c(-c3ccccc3OCc3ccccc3)nc12. The Morgan fingerprint density at radius 1 is 0.962 bits per heavy atom. The maximum atomic E-state index is 11.4. The average molecular weight is 344 g/mol. The van der Waals surface area contributed by atoms with E-state index in [1.54, 1.807) is 12.1 Å². The molecule has 0 fully saturated rings. The Morgan fingerprint density at radius 3 is 2.54 bits per heavy atom. The van der Waals surface area contributed by atoms with Crippen LogP contribution >= 0.6 is 0 Å². The van der Waals surface area contributed by atoms with Crippen LogP contribution < -0.4 is 4.74 Å². The molecule has 0 atom stereocenters. The van der Waals surface area contributed by atoms with E-state index in [4.69, 9.17) is 4.74 Å². The van der Waals surface area contributed by atoms with Gasteiger partial charge in [-0.2, -0.15) is 0 Å². The predicted octanol–water partition coefficient (Wildman–Crippen LogP) is 4.51. The number of fused-ring (bicyclic) bond motifs is 1. The van der Waals surface area contributed by atoms with Crippen molar-refractivity contribution in [1.82, 2.24) is 9.97 Å². The zero-order chi connectivity index (χ0) is 17.9. The molecule has 0 radical (unpaired) electrons. The van der Waals surface area contributed by atoms with Gasteiger partial charge in [-0.3, -0.25) is 0 Å². The van der Waals surface area contributed by atoms with Gasteiger partial charge in [0.1, 0.15) is 23.7 Å². The zero-order valence-corrected chi connectivity index (χ0v) is 13.8. The molecule has 0 saturated carbocycles. The lowest BCUT2D eigenvalue weighted by Crippen LogP contribution is -1.97. The minimum Gasteiger partial charge on any atom is -0.488 e. The molecule has 0 unspecified atom stereocenters. The topological polar surface area (TPSA) is 75.2 Å². The molecule has 0 aliphatic rings. The number of nitrogens with zero attached hydrogens (tertiary/aromatic N) is 1. The van der Waals surface area contributed by atoms with Crippen LogP contribution in [0.15, 0.2) is 72.8 Å². The van der Waals surface area contributed by atoms with Gasteiger partial charge in [-0.1, -0.05) is 48.5 Å². The first kappa shape index (κ1) is 15.9. The lowest BCUT2D eigenvalue weighted by Gasteiger charge is -2.10. The summed E-state index contributed by atoms with van der Waals surface area (Å²) in [4.78, 5) is 19.1. The number of hydrogen-bond acceptors (Lipinski definition) is 3. The number of carboxylic acid groups (broad SMARTS) is 1. The summed E-state index contributed by atoms with van der Waals surface area (Å²) in [5, 5.41) is 9.35. The number of ether oxygens (including phenoxy) is 1. The molecule has 128 valence electrons. The number of aromatic amines is 1. The second-order valence-electron chi connectivity index (χ2n) is 5.86. The lowest BCUT2D eigenvalue weighted by molar-refractivity contribution is 0.0699. The number of aromatic carboxylic acids is 1. The summed E-state index contributed by atoms with van der Waals surface area (Å²) in [6, 6.07) is 22.5. The van der Waals surface area contributed by atoms with Gasteiger partial charge in [0.2, 0.25) is 0 Å². The summed E-state index contributed by atoms with van der Waals surface area (Å²) >= 11 is 0. The molecular formula is C21H16N2O3. The van der Waals surface area contributed by atoms with Crippen LogP contribution in [0.3, 0.4) is 0 Å². The summed E-state index contributed by atoms with van der Waals surface area (Å²) in [5.41, 5.74) is 3.15. The number of H-pyrrole nitrogens is 1. The molecule has 0 aliphatic carbocycles. The van der Waals surface area contributed by atoms with Crippen molar-refractivity contribution in [3.8, 4) is 17.1 Å². The number of rotatable bonds is 5. The van der Waals surface area contributed by atoms with E-state index in [0.717, 1.165) is 11.1 Å². The predicted molar refractivity (Wildman–Crippen MR) is 99.3 cm³/mol. The van der Waals surface area contributed by atoms with Gasteiger partial charge in [0.25, 0.3) is 0 Å². The van der Waals surface area contributed by atoms with Crippen LogP contribution in [0.4, 0.5) is 0 Å². The molecule has 4 rings (SSSR count). The maximum Gasteiger partial charge on any atom is 0.337 e. The molecular weight excluding hydrogens is 328 g/mol. The summed E-state index contributed by atoms with van der Waals surface area (Å²) < 4.78 is 5.97. The largest absolute Gasteiger partial charge is 0.488 e. The molecule has 1 heterocycles. The summed E-state index contributed by atoms with van der Waals surface area (Å²) in [6.07, 6.45) is 0. The van der Waals surface area contributed by atoms with Crippen molar-refractivity contribution < 1.29 is 14.6 Å². The fourth-order valence-electron chi connectivity index (χ4n) is 2.86. The summed E-state index contributed by atoms with van der Waals surface area (Å²) in [7, 11) is 0. The van der Waals surface area contributed by atoms with Gasteiger partial charge in [-0.05, 0) is 29.8 Å². The number of aromatic nitrogens is 2. The number of imidazole rings is 1. The van der Waals surface area contributed by atoms with Gasteiger partial charge in [-0.25, -0.2) is 9.78 Å². The highest BCUT2D eigenvalue weighted by Gasteiger charge is 2.15. The molecule has 0 amide bonds. The van der Waals surface area contributed by atoms with E-state index >= 15 is 0 Å². The minimum absolute atomic E-state index is 0.174. The Kier molecular flexibility index (Phi) is 4.11. The van der Waals surface area contributed by atoms with Crippen LogP contribution in [0, 0.1) is 0 Å². The maximum absolute atomic E-state index is 11.4. The highest BCUT2D eigenvalue weighted by atomic mass is 16.5. The number of benzene rings is 3. The lowest BCUT2D eigenvalue weighted by atomic mass is 10.2. The summed E-state index contributed by atoms with van der Waals surface area (Å²) in [6.45, 7) is 0.443. The minimum atomic E-state index is -0.998. The molecule has 2 N–H and O–H groups in total. The van der Waals surface area contributed by atoms with Crippen LogP contribution in [0.2, 0.25) is 0 Å². The normalized spacial score (nSPS) is 10.8. The molecule has 1 aromatic heterocycles. The molecule has 5 nitrogen and oxygen atoms in total. The van der Waals surface area contributed by atoms with E-state index in [0.29, 0.717) is 29.2 Å². The first-order chi connectivity index (χ1) is 12.7. The van der Waals surface area contributed by atoms with Crippen molar-refractivity contribution in [1.29, 1.82) is 0 Å². The van der Waals surface area contributed by atoms with Crippen LogP contribution in [-0.4, -0.2) is 21.0 Å². The highest BCUT2D eigenvalue weighted by Crippen LogP contribution is 2.30. The Morgan fingerprint density at radius 2 is 1.73 bits per heavy atom.